The average molecular weight is 283 g/mol. The van der Waals surface area contributed by atoms with Crippen molar-refractivity contribution < 1.29 is 9.21 Å². The van der Waals surface area contributed by atoms with Crippen LogP contribution in [0.15, 0.2) is 47.1 Å². The summed E-state index contributed by atoms with van der Waals surface area (Å²) < 4.78 is 5.17. The quantitative estimate of drug-likeness (QED) is 0.790. The molecule has 2 aromatic heterocycles. The zero-order chi connectivity index (χ0) is 14.7. The first-order valence-corrected chi connectivity index (χ1v) is 6.39. The van der Waals surface area contributed by atoms with Gasteiger partial charge in [0.05, 0.1) is 6.26 Å². The molecule has 2 heterocycles. The molecular weight excluding hydrogens is 270 g/mol. The van der Waals surface area contributed by atoms with Crippen molar-refractivity contribution in [1.82, 2.24) is 20.2 Å². The first kappa shape index (κ1) is 13.0. The summed E-state index contributed by atoms with van der Waals surface area (Å²) in [6, 6.07) is 11.0. The number of benzene rings is 1. The second kappa shape index (κ2) is 5.58. The number of carbonyl (C=O) groups is 1. The van der Waals surface area contributed by atoms with Crippen LogP contribution in [-0.4, -0.2) is 26.1 Å². The molecule has 0 saturated carbocycles. The molecule has 0 radical (unpaired) electrons. The molecule has 0 aliphatic carbocycles. The van der Waals surface area contributed by atoms with E-state index < -0.39 is 0 Å². The maximum Gasteiger partial charge on any atom is 0.248 e. The number of rotatable bonds is 4. The Morgan fingerprint density at radius 1 is 1.29 bits per heavy atom. The zero-order valence-corrected chi connectivity index (χ0v) is 11.4. The molecule has 0 spiro atoms. The lowest BCUT2D eigenvalue weighted by Gasteiger charge is -2.06. The van der Waals surface area contributed by atoms with Gasteiger partial charge in [0.25, 0.3) is 0 Å². The largest absolute Gasteiger partial charge is 0.461 e. The van der Waals surface area contributed by atoms with Crippen molar-refractivity contribution in [3.8, 4) is 11.6 Å². The Bertz CT molecular complexity index is 748. The van der Waals surface area contributed by atoms with Crippen molar-refractivity contribution in [1.29, 1.82) is 0 Å². The summed E-state index contributed by atoms with van der Waals surface area (Å²) in [5.41, 5.74) is 1.77. The summed E-state index contributed by atoms with van der Waals surface area (Å²) in [7, 11) is 0. The smallest absolute Gasteiger partial charge is 0.248 e. The minimum atomic E-state index is -0.215. The highest BCUT2D eigenvalue weighted by Crippen LogP contribution is 2.14. The van der Waals surface area contributed by atoms with E-state index in [0.29, 0.717) is 11.6 Å². The number of amides is 1. The van der Waals surface area contributed by atoms with Gasteiger partial charge in [-0.25, -0.2) is 0 Å². The van der Waals surface area contributed by atoms with Crippen LogP contribution in [0.25, 0.3) is 11.6 Å². The highest BCUT2D eigenvalue weighted by molar-refractivity contribution is 5.91. The Labute approximate surface area is 120 Å². The van der Waals surface area contributed by atoms with Crippen LogP contribution in [0.2, 0.25) is 0 Å². The summed E-state index contributed by atoms with van der Waals surface area (Å²) >= 11 is 0. The molecule has 21 heavy (non-hydrogen) atoms. The number of anilines is 1. The van der Waals surface area contributed by atoms with Crippen LogP contribution in [0.3, 0.4) is 0 Å². The summed E-state index contributed by atoms with van der Waals surface area (Å²) in [5, 5.41) is 14.6. The number of aryl methyl sites for hydroxylation is 1. The molecule has 0 unspecified atom stereocenters. The van der Waals surface area contributed by atoms with Gasteiger partial charge in [0.15, 0.2) is 5.76 Å². The normalized spacial score (nSPS) is 10.5. The molecule has 7 nitrogen and oxygen atoms in total. The lowest BCUT2D eigenvalue weighted by molar-refractivity contribution is -0.117. The second-order valence-corrected chi connectivity index (χ2v) is 4.48. The third kappa shape index (κ3) is 2.97. The third-order valence-electron chi connectivity index (χ3n) is 2.90. The van der Waals surface area contributed by atoms with Gasteiger partial charge in [-0.2, -0.15) is 4.80 Å². The number of nitrogens with zero attached hydrogens (tertiary/aromatic N) is 4. The molecule has 0 bridgehead atoms. The highest BCUT2D eigenvalue weighted by atomic mass is 16.3. The molecule has 1 aromatic carbocycles. The highest BCUT2D eigenvalue weighted by Gasteiger charge is 2.11. The van der Waals surface area contributed by atoms with Crippen molar-refractivity contribution >= 4 is 11.6 Å². The van der Waals surface area contributed by atoms with Crippen molar-refractivity contribution in [2.45, 2.75) is 13.5 Å². The van der Waals surface area contributed by atoms with Crippen molar-refractivity contribution in [2.24, 2.45) is 0 Å². The summed E-state index contributed by atoms with van der Waals surface area (Å²) in [6.45, 7) is 1.92. The number of para-hydroxylation sites is 1. The molecule has 0 aliphatic heterocycles. The van der Waals surface area contributed by atoms with Crippen LogP contribution in [-0.2, 0) is 11.3 Å². The molecular formula is C14H13N5O2. The lowest BCUT2D eigenvalue weighted by Crippen LogP contribution is -2.20. The molecule has 3 aromatic rings. The van der Waals surface area contributed by atoms with E-state index in [1.807, 2.05) is 31.2 Å². The van der Waals surface area contributed by atoms with E-state index in [4.69, 9.17) is 4.42 Å². The van der Waals surface area contributed by atoms with Crippen LogP contribution < -0.4 is 5.32 Å². The van der Waals surface area contributed by atoms with E-state index in [0.717, 1.165) is 11.3 Å². The van der Waals surface area contributed by atoms with Gasteiger partial charge >= 0.3 is 0 Å². The van der Waals surface area contributed by atoms with Gasteiger partial charge in [-0.1, -0.05) is 18.2 Å². The topological polar surface area (TPSA) is 85.8 Å². The van der Waals surface area contributed by atoms with Gasteiger partial charge in [-0.15, -0.1) is 10.2 Å². The number of furan rings is 1. The number of nitrogens with one attached hydrogen (secondary N) is 1. The fraction of sp³-hybridized carbons (Fsp3) is 0.143. The lowest BCUT2D eigenvalue weighted by atomic mass is 10.2. The Kier molecular flexibility index (Phi) is 3.46. The van der Waals surface area contributed by atoms with Gasteiger partial charge < -0.3 is 9.73 Å². The first-order valence-electron chi connectivity index (χ1n) is 6.39. The van der Waals surface area contributed by atoms with Crippen LogP contribution in [0.5, 0.6) is 0 Å². The maximum atomic E-state index is 12.0. The molecule has 0 aliphatic rings. The van der Waals surface area contributed by atoms with Crippen molar-refractivity contribution in [3.63, 3.8) is 0 Å². The van der Waals surface area contributed by atoms with E-state index in [1.54, 1.807) is 12.1 Å². The van der Waals surface area contributed by atoms with Gasteiger partial charge in [0, 0.05) is 5.69 Å². The molecule has 7 heteroatoms. The molecule has 3 rings (SSSR count). The van der Waals surface area contributed by atoms with Crippen LogP contribution in [0, 0.1) is 6.92 Å². The van der Waals surface area contributed by atoms with E-state index in [2.05, 4.69) is 20.7 Å². The number of hydrogen-bond acceptors (Lipinski definition) is 5. The number of carbonyl (C=O) groups excluding carboxylic acids is 1. The van der Waals surface area contributed by atoms with Gasteiger partial charge in [-0.3, -0.25) is 4.79 Å². The van der Waals surface area contributed by atoms with Crippen LogP contribution in [0.1, 0.15) is 5.56 Å². The predicted octanol–water partition coefficient (Wildman–Crippen LogP) is 1.88. The minimum absolute atomic E-state index is 0.0119. The zero-order valence-electron chi connectivity index (χ0n) is 11.4. The first-order chi connectivity index (χ1) is 10.2. The molecule has 1 N–H and O–H groups in total. The van der Waals surface area contributed by atoms with Crippen LogP contribution >= 0.6 is 0 Å². The standard InChI is InChI=1S/C14H13N5O2/c1-10-5-2-3-6-11(10)15-13(20)9-19-17-14(16-18-19)12-7-4-8-21-12/h2-8H,9H2,1H3,(H,15,20). The summed E-state index contributed by atoms with van der Waals surface area (Å²) in [4.78, 5) is 13.2. The Balaban J connectivity index is 1.67. The van der Waals surface area contributed by atoms with E-state index in [-0.39, 0.29) is 12.5 Å². The molecule has 106 valence electrons. The van der Waals surface area contributed by atoms with Crippen molar-refractivity contribution in [2.75, 3.05) is 5.32 Å². The minimum Gasteiger partial charge on any atom is -0.461 e. The molecule has 0 saturated heterocycles. The maximum absolute atomic E-state index is 12.0. The molecule has 0 fully saturated rings. The van der Waals surface area contributed by atoms with Gasteiger partial charge in [-0.05, 0) is 35.9 Å². The second-order valence-electron chi connectivity index (χ2n) is 4.48. The van der Waals surface area contributed by atoms with Gasteiger partial charge in [0.1, 0.15) is 6.54 Å². The number of tetrazole rings is 1. The van der Waals surface area contributed by atoms with Crippen LogP contribution in [0.4, 0.5) is 5.69 Å². The Hall–Kier alpha value is -2.96. The summed E-state index contributed by atoms with van der Waals surface area (Å²) in [5.74, 6) is 0.650. The molecule has 0 atom stereocenters. The van der Waals surface area contributed by atoms with Crippen molar-refractivity contribution in [3.05, 3.63) is 48.2 Å². The number of aromatic nitrogens is 4. The van der Waals surface area contributed by atoms with E-state index in [1.165, 1.54) is 11.1 Å². The van der Waals surface area contributed by atoms with Gasteiger partial charge in [0.2, 0.25) is 11.7 Å². The number of hydrogen-bond donors (Lipinski definition) is 1. The summed E-state index contributed by atoms with van der Waals surface area (Å²) in [6.07, 6.45) is 1.53. The fourth-order valence-corrected chi connectivity index (χ4v) is 1.85. The fourth-order valence-electron chi connectivity index (χ4n) is 1.85. The monoisotopic (exact) mass is 283 g/mol. The average Bonchev–Trinajstić information content (AvgIpc) is 3.12. The van der Waals surface area contributed by atoms with E-state index in [9.17, 15) is 4.79 Å². The predicted molar refractivity (Wildman–Crippen MR) is 75.3 cm³/mol. The molecule has 1 amide bonds. The SMILES string of the molecule is Cc1ccccc1NC(=O)Cn1nnc(-c2ccco2)n1. The van der Waals surface area contributed by atoms with E-state index >= 15 is 0 Å². The Morgan fingerprint density at radius 3 is 2.90 bits per heavy atom. The Morgan fingerprint density at radius 2 is 2.14 bits per heavy atom. The third-order valence-corrected chi connectivity index (χ3v) is 2.90.